The van der Waals surface area contributed by atoms with Gasteiger partial charge in [0.2, 0.25) is 0 Å². The third-order valence-electron chi connectivity index (χ3n) is 4.14. The van der Waals surface area contributed by atoms with Crippen LogP contribution in [-0.4, -0.2) is 26.3 Å². The Balaban J connectivity index is 1.57. The van der Waals surface area contributed by atoms with Crippen LogP contribution in [0, 0.1) is 5.92 Å². The Morgan fingerprint density at radius 2 is 1.91 bits per heavy atom. The molecule has 0 amide bonds. The van der Waals surface area contributed by atoms with Crippen molar-refractivity contribution in [3.63, 3.8) is 0 Å². The summed E-state index contributed by atoms with van der Waals surface area (Å²) in [5.41, 5.74) is 0.880. The third kappa shape index (κ3) is 3.86. The summed E-state index contributed by atoms with van der Waals surface area (Å²) in [5.74, 6) is -0.322. The molecule has 0 aliphatic heterocycles. The molecular weight excluding hydrogens is 316 g/mol. The molecule has 1 aliphatic rings. The first-order chi connectivity index (χ1) is 11.1. The molecule has 23 heavy (non-hydrogen) atoms. The molecule has 0 radical (unpaired) electrons. The standard InChI is InChI=1S/C16H18N2O4S/c19-16(20)12-1-5-13(6-2-12)18-23(21)14-7-3-11(4-8-14)15-9-17-10-22-15/h3-4,7-10,12-13,18H,1-2,5-6H2,(H,19,20). The van der Waals surface area contributed by atoms with Gasteiger partial charge in [0.25, 0.3) is 0 Å². The average molecular weight is 334 g/mol. The Morgan fingerprint density at radius 1 is 1.22 bits per heavy atom. The van der Waals surface area contributed by atoms with Crippen molar-refractivity contribution < 1.29 is 18.5 Å². The number of aliphatic carboxylic acids is 1. The molecule has 1 saturated carbocycles. The summed E-state index contributed by atoms with van der Waals surface area (Å²) in [6, 6.07) is 7.38. The zero-order chi connectivity index (χ0) is 16.2. The highest BCUT2D eigenvalue weighted by molar-refractivity contribution is 7.83. The van der Waals surface area contributed by atoms with Crippen LogP contribution in [0.3, 0.4) is 0 Å². The van der Waals surface area contributed by atoms with Crippen LogP contribution < -0.4 is 4.72 Å². The quantitative estimate of drug-likeness (QED) is 0.877. The summed E-state index contributed by atoms with van der Waals surface area (Å²) in [7, 11) is -1.30. The summed E-state index contributed by atoms with van der Waals surface area (Å²) in [4.78, 5) is 15.5. The zero-order valence-corrected chi connectivity index (χ0v) is 13.3. The second kappa shape index (κ2) is 7.06. The Labute approximate surface area is 136 Å². The van der Waals surface area contributed by atoms with E-state index in [0.29, 0.717) is 23.5 Å². The largest absolute Gasteiger partial charge is 0.481 e. The van der Waals surface area contributed by atoms with Gasteiger partial charge in [0, 0.05) is 11.6 Å². The number of hydrogen-bond acceptors (Lipinski definition) is 4. The van der Waals surface area contributed by atoms with E-state index < -0.39 is 17.0 Å². The minimum atomic E-state index is -1.30. The Kier molecular flexibility index (Phi) is 4.88. The van der Waals surface area contributed by atoms with E-state index in [0.717, 1.165) is 18.4 Å². The summed E-state index contributed by atoms with van der Waals surface area (Å²) in [6.45, 7) is 0. The van der Waals surface area contributed by atoms with Crippen molar-refractivity contribution in [3.8, 4) is 11.3 Å². The fraction of sp³-hybridized carbons (Fsp3) is 0.375. The van der Waals surface area contributed by atoms with Gasteiger partial charge in [-0.25, -0.2) is 13.9 Å². The summed E-state index contributed by atoms with van der Waals surface area (Å²) < 4.78 is 20.7. The summed E-state index contributed by atoms with van der Waals surface area (Å²) in [6.07, 6.45) is 5.74. The van der Waals surface area contributed by atoms with Gasteiger partial charge in [-0.2, -0.15) is 0 Å². The van der Waals surface area contributed by atoms with Gasteiger partial charge in [-0.3, -0.25) is 4.79 Å². The normalized spacial score (nSPS) is 22.6. The van der Waals surface area contributed by atoms with Gasteiger partial charge in [0.05, 0.1) is 17.0 Å². The van der Waals surface area contributed by atoms with Crippen molar-refractivity contribution >= 4 is 17.0 Å². The van der Waals surface area contributed by atoms with Crippen LogP contribution in [0.2, 0.25) is 0 Å². The Bertz CT molecular complexity index is 677. The van der Waals surface area contributed by atoms with Crippen LogP contribution in [0.15, 0.2) is 46.2 Å². The van der Waals surface area contributed by atoms with Gasteiger partial charge in [0.1, 0.15) is 11.0 Å². The molecule has 2 aromatic rings. The second-order valence-corrected chi connectivity index (χ2v) is 6.91. The smallest absolute Gasteiger partial charge is 0.306 e. The highest BCUT2D eigenvalue weighted by Crippen LogP contribution is 2.25. The van der Waals surface area contributed by atoms with Gasteiger partial charge in [-0.15, -0.1) is 0 Å². The van der Waals surface area contributed by atoms with Crippen LogP contribution in [0.1, 0.15) is 25.7 Å². The molecule has 2 N–H and O–H groups in total. The molecular formula is C16H18N2O4S. The van der Waals surface area contributed by atoms with Gasteiger partial charge in [0.15, 0.2) is 12.2 Å². The molecule has 0 bridgehead atoms. The molecule has 1 unspecified atom stereocenters. The molecule has 0 saturated heterocycles. The van der Waals surface area contributed by atoms with E-state index in [-0.39, 0.29) is 12.0 Å². The lowest BCUT2D eigenvalue weighted by Gasteiger charge is -2.26. The molecule has 1 aromatic carbocycles. The van der Waals surface area contributed by atoms with Crippen LogP contribution in [0.4, 0.5) is 0 Å². The molecule has 7 heteroatoms. The molecule has 6 nitrogen and oxygen atoms in total. The molecule has 1 heterocycles. The molecule has 1 aromatic heterocycles. The number of benzene rings is 1. The maximum Gasteiger partial charge on any atom is 0.306 e. The van der Waals surface area contributed by atoms with E-state index in [1.807, 2.05) is 12.1 Å². The number of nitrogens with one attached hydrogen (secondary N) is 1. The van der Waals surface area contributed by atoms with E-state index in [2.05, 4.69) is 9.71 Å². The van der Waals surface area contributed by atoms with Crippen molar-refractivity contribution in [2.24, 2.45) is 5.92 Å². The summed E-state index contributed by atoms with van der Waals surface area (Å²) in [5, 5.41) is 9.00. The molecule has 1 fully saturated rings. The first-order valence-corrected chi connectivity index (χ1v) is 8.68. The highest BCUT2D eigenvalue weighted by Gasteiger charge is 2.26. The van der Waals surface area contributed by atoms with E-state index in [1.165, 1.54) is 6.39 Å². The lowest BCUT2D eigenvalue weighted by molar-refractivity contribution is -0.142. The zero-order valence-electron chi connectivity index (χ0n) is 12.5. The van der Waals surface area contributed by atoms with Gasteiger partial charge < -0.3 is 9.52 Å². The van der Waals surface area contributed by atoms with Crippen molar-refractivity contribution in [3.05, 3.63) is 36.9 Å². The minimum absolute atomic E-state index is 0.0976. The van der Waals surface area contributed by atoms with Crippen LogP contribution >= 0.6 is 0 Å². The maximum absolute atomic E-state index is 12.4. The number of hydrogen-bond donors (Lipinski definition) is 2. The van der Waals surface area contributed by atoms with E-state index >= 15 is 0 Å². The van der Waals surface area contributed by atoms with E-state index in [4.69, 9.17) is 9.52 Å². The molecule has 1 aliphatic carbocycles. The number of nitrogens with zero attached hydrogens (tertiary/aromatic N) is 1. The molecule has 3 rings (SSSR count). The first-order valence-electron chi connectivity index (χ1n) is 7.53. The van der Waals surface area contributed by atoms with Crippen molar-refractivity contribution in [1.29, 1.82) is 0 Å². The van der Waals surface area contributed by atoms with Gasteiger partial charge in [-0.05, 0) is 49.9 Å². The first kappa shape index (κ1) is 15.9. The highest BCUT2D eigenvalue weighted by atomic mass is 32.2. The van der Waals surface area contributed by atoms with Gasteiger partial charge >= 0.3 is 5.97 Å². The predicted octanol–water partition coefficient (Wildman–Crippen LogP) is 2.60. The van der Waals surface area contributed by atoms with Crippen LogP contribution in [0.25, 0.3) is 11.3 Å². The monoisotopic (exact) mass is 334 g/mol. The van der Waals surface area contributed by atoms with Crippen LogP contribution in [0.5, 0.6) is 0 Å². The number of carboxylic acid groups (broad SMARTS) is 1. The average Bonchev–Trinajstić information content (AvgIpc) is 3.10. The SMILES string of the molecule is O=C(O)C1CCC(NS(=O)c2ccc(-c3cnco3)cc2)CC1. The number of carbonyl (C=O) groups is 1. The molecule has 0 spiro atoms. The molecule has 1 atom stereocenters. The minimum Gasteiger partial charge on any atom is -0.481 e. The fourth-order valence-corrected chi connectivity index (χ4v) is 3.84. The molecule has 122 valence electrons. The number of aromatic nitrogens is 1. The lowest BCUT2D eigenvalue weighted by atomic mass is 9.87. The topological polar surface area (TPSA) is 92.4 Å². The van der Waals surface area contributed by atoms with Crippen LogP contribution in [-0.2, 0) is 15.8 Å². The third-order valence-corrected chi connectivity index (χ3v) is 5.38. The predicted molar refractivity (Wildman–Crippen MR) is 84.9 cm³/mol. The van der Waals surface area contributed by atoms with E-state index in [9.17, 15) is 9.00 Å². The summed E-state index contributed by atoms with van der Waals surface area (Å²) >= 11 is 0. The Hall–Kier alpha value is -1.99. The number of carboxylic acids is 1. The number of rotatable bonds is 5. The van der Waals surface area contributed by atoms with Crippen molar-refractivity contribution in [2.45, 2.75) is 36.6 Å². The maximum atomic E-state index is 12.4. The van der Waals surface area contributed by atoms with Gasteiger partial charge in [-0.1, -0.05) is 0 Å². The second-order valence-electron chi connectivity index (χ2n) is 5.66. The Morgan fingerprint density at radius 3 is 2.48 bits per heavy atom. The fourth-order valence-electron chi connectivity index (χ4n) is 2.78. The lowest BCUT2D eigenvalue weighted by Crippen LogP contribution is -2.35. The number of oxazole rings is 1. The van der Waals surface area contributed by atoms with Crippen molar-refractivity contribution in [1.82, 2.24) is 9.71 Å². The van der Waals surface area contributed by atoms with E-state index in [1.54, 1.807) is 18.3 Å². The van der Waals surface area contributed by atoms with Crippen molar-refractivity contribution in [2.75, 3.05) is 0 Å².